The second-order valence-corrected chi connectivity index (χ2v) is 5.58. The average Bonchev–Trinajstić information content (AvgIpc) is 2.95. The fourth-order valence-electron chi connectivity index (χ4n) is 3.16. The van der Waals surface area contributed by atoms with Gasteiger partial charge >= 0.3 is 0 Å². The lowest BCUT2D eigenvalue weighted by atomic mass is 9.76. The molecule has 2 fully saturated rings. The van der Waals surface area contributed by atoms with Gasteiger partial charge in [0, 0.05) is 25.2 Å². The first kappa shape index (κ1) is 13.3. The number of hydrogen-bond acceptors (Lipinski definition) is 3. The summed E-state index contributed by atoms with van der Waals surface area (Å²) in [6, 6.07) is 0. The fraction of sp³-hybridized carbons (Fsp3) is 1.00. The third-order valence-electron chi connectivity index (χ3n) is 4.55. The van der Waals surface area contributed by atoms with E-state index in [0.29, 0.717) is 17.6 Å². The van der Waals surface area contributed by atoms with Crippen LogP contribution in [0, 0.1) is 5.41 Å². The van der Waals surface area contributed by atoms with E-state index in [4.69, 9.17) is 9.47 Å². The monoisotopic (exact) mass is 241 g/mol. The van der Waals surface area contributed by atoms with Crippen LogP contribution >= 0.6 is 0 Å². The SMILES string of the molecule is CCNCC1(CCC2CCCO2)CCOC1C. The summed E-state index contributed by atoms with van der Waals surface area (Å²) < 4.78 is 11.5. The molecule has 0 saturated carbocycles. The highest BCUT2D eigenvalue weighted by molar-refractivity contribution is 4.92. The van der Waals surface area contributed by atoms with E-state index in [1.54, 1.807) is 0 Å². The van der Waals surface area contributed by atoms with Crippen LogP contribution in [0.15, 0.2) is 0 Å². The molecule has 3 unspecified atom stereocenters. The van der Waals surface area contributed by atoms with Crippen molar-refractivity contribution in [2.75, 3.05) is 26.3 Å². The topological polar surface area (TPSA) is 30.5 Å². The first-order valence-corrected chi connectivity index (χ1v) is 7.21. The average molecular weight is 241 g/mol. The lowest BCUT2D eigenvalue weighted by Gasteiger charge is -2.33. The Bertz CT molecular complexity index is 228. The van der Waals surface area contributed by atoms with Crippen LogP contribution in [0.2, 0.25) is 0 Å². The normalized spacial score (nSPS) is 37.8. The standard InChI is InChI=1S/C14H27NO2/c1-3-15-11-14(8-10-16-12(14)2)7-6-13-5-4-9-17-13/h12-13,15H,3-11H2,1-2H3. The van der Waals surface area contributed by atoms with Gasteiger partial charge in [0.1, 0.15) is 0 Å². The second-order valence-electron chi connectivity index (χ2n) is 5.58. The third-order valence-corrected chi connectivity index (χ3v) is 4.55. The van der Waals surface area contributed by atoms with Gasteiger partial charge in [-0.3, -0.25) is 0 Å². The minimum atomic E-state index is 0.349. The van der Waals surface area contributed by atoms with Gasteiger partial charge in [0.2, 0.25) is 0 Å². The summed E-state index contributed by atoms with van der Waals surface area (Å²) in [6.07, 6.45) is 7.06. The predicted octanol–water partition coefficient (Wildman–Crippen LogP) is 2.35. The highest BCUT2D eigenvalue weighted by atomic mass is 16.5. The molecule has 2 aliphatic rings. The maximum Gasteiger partial charge on any atom is 0.0616 e. The highest BCUT2D eigenvalue weighted by Gasteiger charge is 2.41. The third kappa shape index (κ3) is 3.21. The molecule has 0 radical (unpaired) electrons. The van der Waals surface area contributed by atoms with Gasteiger partial charge in [0.05, 0.1) is 12.2 Å². The first-order valence-electron chi connectivity index (χ1n) is 7.21. The Kier molecular flexibility index (Phi) is 4.83. The van der Waals surface area contributed by atoms with Gasteiger partial charge < -0.3 is 14.8 Å². The van der Waals surface area contributed by atoms with Gasteiger partial charge in [-0.1, -0.05) is 6.92 Å². The van der Waals surface area contributed by atoms with Crippen molar-refractivity contribution in [3.8, 4) is 0 Å². The molecule has 2 aliphatic heterocycles. The maximum absolute atomic E-state index is 5.80. The molecule has 2 rings (SSSR count). The summed E-state index contributed by atoms with van der Waals surface area (Å²) in [6.45, 7) is 8.45. The van der Waals surface area contributed by atoms with E-state index < -0.39 is 0 Å². The van der Waals surface area contributed by atoms with E-state index in [1.165, 1.54) is 32.1 Å². The molecule has 3 atom stereocenters. The van der Waals surface area contributed by atoms with Crippen LogP contribution in [0.5, 0.6) is 0 Å². The van der Waals surface area contributed by atoms with E-state index >= 15 is 0 Å². The molecule has 0 aromatic carbocycles. The Morgan fingerprint density at radius 3 is 2.76 bits per heavy atom. The Morgan fingerprint density at radius 2 is 2.18 bits per heavy atom. The summed E-state index contributed by atoms with van der Waals surface area (Å²) in [5, 5.41) is 3.52. The molecule has 0 amide bonds. The van der Waals surface area contributed by atoms with Crippen molar-refractivity contribution >= 4 is 0 Å². The summed E-state index contributed by atoms with van der Waals surface area (Å²) >= 11 is 0. The minimum Gasteiger partial charge on any atom is -0.378 e. The number of ether oxygens (including phenoxy) is 2. The van der Waals surface area contributed by atoms with E-state index in [1.807, 2.05) is 0 Å². The molecular weight excluding hydrogens is 214 g/mol. The molecule has 0 aromatic heterocycles. The molecule has 0 spiro atoms. The molecule has 100 valence electrons. The van der Waals surface area contributed by atoms with E-state index in [9.17, 15) is 0 Å². The summed E-state index contributed by atoms with van der Waals surface area (Å²) in [5.74, 6) is 0. The largest absolute Gasteiger partial charge is 0.378 e. The Hall–Kier alpha value is -0.120. The number of hydrogen-bond donors (Lipinski definition) is 1. The molecular formula is C14H27NO2. The van der Waals surface area contributed by atoms with Crippen LogP contribution < -0.4 is 5.32 Å². The van der Waals surface area contributed by atoms with Crippen molar-refractivity contribution in [2.24, 2.45) is 5.41 Å². The van der Waals surface area contributed by atoms with Crippen LogP contribution in [0.4, 0.5) is 0 Å². The molecule has 17 heavy (non-hydrogen) atoms. The van der Waals surface area contributed by atoms with Crippen molar-refractivity contribution < 1.29 is 9.47 Å². The molecule has 3 heteroatoms. The molecule has 0 bridgehead atoms. The van der Waals surface area contributed by atoms with Gasteiger partial charge in [-0.05, 0) is 45.6 Å². The van der Waals surface area contributed by atoms with Gasteiger partial charge in [-0.2, -0.15) is 0 Å². The van der Waals surface area contributed by atoms with Crippen molar-refractivity contribution in [1.82, 2.24) is 5.32 Å². The molecule has 0 aliphatic carbocycles. The van der Waals surface area contributed by atoms with Gasteiger partial charge in [-0.25, -0.2) is 0 Å². The van der Waals surface area contributed by atoms with Crippen molar-refractivity contribution in [1.29, 1.82) is 0 Å². The molecule has 3 nitrogen and oxygen atoms in total. The molecule has 2 heterocycles. The summed E-state index contributed by atoms with van der Waals surface area (Å²) in [7, 11) is 0. The predicted molar refractivity (Wildman–Crippen MR) is 69.2 cm³/mol. The molecule has 0 aromatic rings. The van der Waals surface area contributed by atoms with Crippen LogP contribution in [-0.4, -0.2) is 38.5 Å². The highest BCUT2D eigenvalue weighted by Crippen LogP contribution is 2.40. The Morgan fingerprint density at radius 1 is 1.29 bits per heavy atom. The van der Waals surface area contributed by atoms with Crippen LogP contribution in [0.25, 0.3) is 0 Å². The second kappa shape index (κ2) is 6.17. The van der Waals surface area contributed by atoms with Crippen LogP contribution in [0.3, 0.4) is 0 Å². The fourth-order valence-corrected chi connectivity index (χ4v) is 3.16. The van der Waals surface area contributed by atoms with Gasteiger partial charge in [-0.15, -0.1) is 0 Å². The van der Waals surface area contributed by atoms with Crippen LogP contribution in [0.1, 0.15) is 46.0 Å². The Labute approximate surface area is 105 Å². The summed E-state index contributed by atoms with van der Waals surface area (Å²) in [4.78, 5) is 0. The Balaban J connectivity index is 1.85. The van der Waals surface area contributed by atoms with Crippen molar-refractivity contribution in [3.63, 3.8) is 0 Å². The lowest BCUT2D eigenvalue weighted by molar-refractivity contribution is 0.0411. The van der Waals surface area contributed by atoms with E-state index in [2.05, 4.69) is 19.2 Å². The zero-order chi connectivity index (χ0) is 12.1. The van der Waals surface area contributed by atoms with Gasteiger partial charge in [0.25, 0.3) is 0 Å². The summed E-state index contributed by atoms with van der Waals surface area (Å²) in [5.41, 5.74) is 0.349. The quantitative estimate of drug-likeness (QED) is 0.774. The van der Waals surface area contributed by atoms with E-state index in [0.717, 1.165) is 26.3 Å². The number of rotatable bonds is 6. The van der Waals surface area contributed by atoms with Gasteiger partial charge in [0.15, 0.2) is 0 Å². The lowest BCUT2D eigenvalue weighted by Crippen LogP contribution is -2.40. The van der Waals surface area contributed by atoms with Crippen molar-refractivity contribution in [2.45, 2.75) is 58.2 Å². The first-order chi connectivity index (χ1) is 8.27. The van der Waals surface area contributed by atoms with E-state index in [-0.39, 0.29) is 0 Å². The molecule has 2 saturated heterocycles. The molecule has 1 N–H and O–H groups in total. The maximum atomic E-state index is 5.80. The van der Waals surface area contributed by atoms with Crippen LogP contribution in [-0.2, 0) is 9.47 Å². The number of nitrogens with one attached hydrogen (secondary N) is 1. The zero-order valence-electron chi connectivity index (χ0n) is 11.3. The zero-order valence-corrected chi connectivity index (χ0v) is 11.3. The smallest absolute Gasteiger partial charge is 0.0616 e. The minimum absolute atomic E-state index is 0.349. The van der Waals surface area contributed by atoms with Crippen molar-refractivity contribution in [3.05, 3.63) is 0 Å².